The van der Waals surface area contributed by atoms with E-state index in [2.05, 4.69) is 31.9 Å². The summed E-state index contributed by atoms with van der Waals surface area (Å²) in [5.41, 5.74) is 2.83. The predicted octanol–water partition coefficient (Wildman–Crippen LogP) is 5.39. The van der Waals surface area contributed by atoms with Crippen molar-refractivity contribution in [2.75, 3.05) is 7.11 Å². The second kappa shape index (κ2) is 6.06. The molecule has 100 valence electrons. The molecule has 0 aliphatic rings. The molecule has 0 fully saturated rings. The topological polar surface area (TPSA) is 9.23 Å². The molecule has 0 aliphatic heterocycles. The number of aryl methyl sites for hydroxylation is 1. The first kappa shape index (κ1) is 14.5. The standard InChI is InChI=1S/C15H13Br2FO/c1-9-5-10(7-11(18)6-9)15(17)13-4-3-12(19-2)8-14(13)16/h3-8,15H,1-2H3. The van der Waals surface area contributed by atoms with Crippen LogP contribution in [-0.4, -0.2) is 7.11 Å². The van der Waals surface area contributed by atoms with Gasteiger partial charge in [0.05, 0.1) is 11.9 Å². The highest BCUT2D eigenvalue weighted by molar-refractivity contribution is 9.11. The van der Waals surface area contributed by atoms with Crippen LogP contribution in [0.25, 0.3) is 0 Å². The van der Waals surface area contributed by atoms with Gasteiger partial charge in [0.1, 0.15) is 11.6 Å². The van der Waals surface area contributed by atoms with E-state index in [1.54, 1.807) is 13.2 Å². The minimum atomic E-state index is -0.218. The van der Waals surface area contributed by atoms with Gasteiger partial charge in [0.15, 0.2) is 0 Å². The summed E-state index contributed by atoms with van der Waals surface area (Å²) in [6, 6.07) is 10.8. The summed E-state index contributed by atoms with van der Waals surface area (Å²) in [5, 5.41) is 0. The molecular weight excluding hydrogens is 375 g/mol. The van der Waals surface area contributed by atoms with Gasteiger partial charge >= 0.3 is 0 Å². The Labute approximate surface area is 129 Å². The van der Waals surface area contributed by atoms with Crippen molar-refractivity contribution in [1.82, 2.24) is 0 Å². The Kier molecular flexibility index (Phi) is 4.63. The van der Waals surface area contributed by atoms with Crippen molar-refractivity contribution in [3.63, 3.8) is 0 Å². The van der Waals surface area contributed by atoms with Gasteiger partial charge in [-0.25, -0.2) is 4.39 Å². The molecule has 0 aromatic heterocycles. The second-order valence-corrected chi connectivity index (χ2v) is 6.08. The van der Waals surface area contributed by atoms with E-state index in [-0.39, 0.29) is 10.6 Å². The van der Waals surface area contributed by atoms with Crippen molar-refractivity contribution in [1.29, 1.82) is 0 Å². The van der Waals surface area contributed by atoms with Gasteiger partial charge in [-0.15, -0.1) is 0 Å². The molecule has 0 saturated heterocycles. The van der Waals surface area contributed by atoms with Crippen molar-refractivity contribution >= 4 is 31.9 Å². The Hall–Kier alpha value is -0.870. The van der Waals surface area contributed by atoms with Crippen LogP contribution in [-0.2, 0) is 0 Å². The van der Waals surface area contributed by atoms with Crippen LogP contribution < -0.4 is 4.74 Å². The molecule has 2 rings (SSSR count). The molecule has 0 aliphatic carbocycles. The van der Waals surface area contributed by atoms with E-state index in [1.807, 2.05) is 31.2 Å². The van der Waals surface area contributed by atoms with E-state index in [0.717, 1.165) is 26.9 Å². The number of benzene rings is 2. The van der Waals surface area contributed by atoms with Gasteiger partial charge in [0.25, 0.3) is 0 Å². The van der Waals surface area contributed by atoms with Gasteiger partial charge < -0.3 is 4.74 Å². The second-order valence-electron chi connectivity index (χ2n) is 4.31. The average Bonchev–Trinajstić information content (AvgIpc) is 2.36. The van der Waals surface area contributed by atoms with Crippen LogP contribution in [0, 0.1) is 12.7 Å². The maximum absolute atomic E-state index is 13.5. The zero-order valence-corrected chi connectivity index (χ0v) is 13.8. The molecule has 4 heteroatoms. The third kappa shape index (κ3) is 3.37. The average molecular weight is 388 g/mol. The minimum absolute atomic E-state index is 0.0674. The molecule has 1 unspecified atom stereocenters. The fourth-order valence-corrected chi connectivity index (χ4v) is 3.49. The monoisotopic (exact) mass is 386 g/mol. The van der Waals surface area contributed by atoms with E-state index in [1.165, 1.54) is 6.07 Å². The lowest BCUT2D eigenvalue weighted by Gasteiger charge is -2.14. The fraction of sp³-hybridized carbons (Fsp3) is 0.200. The highest BCUT2D eigenvalue weighted by atomic mass is 79.9. The van der Waals surface area contributed by atoms with Gasteiger partial charge in [-0.2, -0.15) is 0 Å². The van der Waals surface area contributed by atoms with Crippen LogP contribution in [0.15, 0.2) is 40.9 Å². The maximum Gasteiger partial charge on any atom is 0.123 e. The Balaban J connectivity index is 2.40. The zero-order valence-electron chi connectivity index (χ0n) is 10.6. The molecule has 2 aromatic rings. The van der Waals surface area contributed by atoms with E-state index in [0.29, 0.717) is 0 Å². The Morgan fingerprint density at radius 3 is 2.47 bits per heavy atom. The van der Waals surface area contributed by atoms with Crippen LogP contribution in [0.2, 0.25) is 0 Å². The summed E-state index contributed by atoms with van der Waals surface area (Å²) in [7, 11) is 1.63. The molecule has 0 spiro atoms. The third-order valence-corrected chi connectivity index (χ3v) is 4.55. The molecule has 0 heterocycles. The van der Waals surface area contributed by atoms with Crippen molar-refractivity contribution in [2.45, 2.75) is 11.8 Å². The highest BCUT2D eigenvalue weighted by Crippen LogP contribution is 2.37. The predicted molar refractivity (Wildman–Crippen MR) is 82.6 cm³/mol. The SMILES string of the molecule is COc1ccc(C(Br)c2cc(C)cc(F)c2)c(Br)c1. The summed E-state index contributed by atoms with van der Waals surface area (Å²) in [4.78, 5) is -0.0674. The van der Waals surface area contributed by atoms with E-state index >= 15 is 0 Å². The Morgan fingerprint density at radius 1 is 1.16 bits per heavy atom. The smallest absolute Gasteiger partial charge is 0.123 e. The molecule has 0 saturated carbocycles. The van der Waals surface area contributed by atoms with Gasteiger partial charge in [0.2, 0.25) is 0 Å². The lowest BCUT2D eigenvalue weighted by atomic mass is 10.0. The minimum Gasteiger partial charge on any atom is -0.497 e. The molecular formula is C15H13Br2FO. The summed E-state index contributed by atoms with van der Waals surface area (Å²) >= 11 is 7.14. The Bertz CT molecular complexity index is 578. The third-order valence-electron chi connectivity index (χ3n) is 2.84. The van der Waals surface area contributed by atoms with Gasteiger partial charge in [-0.3, -0.25) is 0 Å². The zero-order chi connectivity index (χ0) is 14.0. The van der Waals surface area contributed by atoms with Crippen molar-refractivity contribution in [3.8, 4) is 5.75 Å². The summed E-state index contributed by atoms with van der Waals surface area (Å²) in [6.07, 6.45) is 0. The van der Waals surface area contributed by atoms with Crippen molar-refractivity contribution in [3.05, 3.63) is 63.4 Å². The number of hydrogen-bond donors (Lipinski definition) is 0. The largest absolute Gasteiger partial charge is 0.497 e. The Morgan fingerprint density at radius 2 is 1.89 bits per heavy atom. The van der Waals surface area contributed by atoms with Crippen LogP contribution in [0.3, 0.4) is 0 Å². The van der Waals surface area contributed by atoms with Gasteiger partial charge in [0, 0.05) is 4.47 Å². The van der Waals surface area contributed by atoms with E-state index < -0.39 is 0 Å². The quantitative estimate of drug-likeness (QED) is 0.641. The lowest BCUT2D eigenvalue weighted by Crippen LogP contribution is -1.96. The van der Waals surface area contributed by atoms with Crippen LogP contribution in [0.1, 0.15) is 21.5 Å². The van der Waals surface area contributed by atoms with Crippen LogP contribution in [0.5, 0.6) is 5.75 Å². The number of hydrogen-bond acceptors (Lipinski definition) is 1. The molecule has 1 nitrogen and oxygen atoms in total. The summed E-state index contributed by atoms with van der Waals surface area (Å²) in [6.45, 7) is 1.88. The summed E-state index contributed by atoms with van der Waals surface area (Å²) < 4.78 is 19.6. The van der Waals surface area contributed by atoms with Crippen molar-refractivity contribution in [2.24, 2.45) is 0 Å². The van der Waals surface area contributed by atoms with E-state index in [9.17, 15) is 4.39 Å². The van der Waals surface area contributed by atoms with Gasteiger partial charge in [-0.05, 0) is 47.9 Å². The number of methoxy groups -OCH3 is 1. The van der Waals surface area contributed by atoms with Crippen molar-refractivity contribution < 1.29 is 9.13 Å². The summed E-state index contributed by atoms with van der Waals surface area (Å²) in [5.74, 6) is 0.565. The van der Waals surface area contributed by atoms with Crippen LogP contribution in [0.4, 0.5) is 4.39 Å². The molecule has 1 atom stereocenters. The molecule has 0 N–H and O–H groups in total. The molecule has 0 bridgehead atoms. The molecule has 19 heavy (non-hydrogen) atoms. The number of alkyl halides is 1. The van der Waals surface area contributed by atoms with Crippen LogP contribution >= 0.6 is 31.9 Å². The van der Waals surface area contributed by atoms with Gasteiger partial charge in [-0.1, -0.05) is 44.0 Å². The first-order valence-corrected chi connectivity index (χ1v) is 7.46. The number of rotatable bonds is 3. The normalized spacial score (nSPS) is 12.3. The molecule has 0 amide bonds. The maximum atomic E-state index is 13.5. The molecule has 0 radical (unpaired) electrons. The molecule has 2 aromatic carbocycles. The lowest BCUT2D eigenvalue weighted by molar-refractivity contribution is 0.414. The number of halogens is 3. The first-order valence-electron chi connectivity index (χ1n) is 5.76. The van der Waals surface area contributed by atoms with E-state index in [4.69, 9.17) is 4.74 Å². The highest BCUT2D eigenvalue weighted by Gasteiger charge is 2.15. The fourth-order valence-electron chi connectivity index (χ4n) is 1.93. The number of ether oxygens (including phenoxy) is 1. The first-order chi connectivity index (χ1) is 9.01.